The molecular formula is C10H14N7O5+. The van der Waals surface area contributed by atoms with E-state index in [0.29, 0.717) is 0 Å². The summed E-state index contributed by atoms with van der Waals surface area (Å²) in [6.07, 6.45) is -1.90. The molecule has 1 amide bonds. The van der Waals surface area contributed by atoms with Gasteiger partial charge in [0.15, 0.2) is 11.3 Å². The number of hydrogen-bond acceptors (Lipinski definition) is 9. The average molecular weight is 312 g/mol. The minimum Gasteiger partial charge on any atom is -0.391 e. The van der Waals surface area contributed by atoms with Gasteiger partial charge < -0.3 is 26.4 Å². The van der Waals surface area contributed by atoms with Gasteiger partial charge in [0.1, 0.15) is 30.0 Å². The smallest absolute Gasteiger partial charge is 0.351 e. The number of nitrogens with zero attached hydrogens (tertiary/aromatic N) is 4. The summed E-state index contributed by atoms with van der Waals surface area (Å²) in [5.74, 6) is -2.45. The van der Waals surface area contributed by atoms with Gasteiger partial charge >= 0.3 is 5.69 Å². The van der Waals surface area contributed by atoms with Gasteiger partial charge in [0, 0.05) is 6.20 Å². The molecule has 4 atom stereocenters. The van der Waals surface area contributed by atoms with Gasteiger partial charge in [-0.15, -0.1) is 0 Å². The van der Waals surface area contributed by atoms with E-state index in [-0.39, 0.29) is 5.82 Å². The lowest BCUT2D eigenvalue weighted by atomic mass is 9.95. The number of aliphatic hydroxyl groups is 2. The minimum absolute atomic E-state index is 0.0466. The summed E-state index contributed by atoms with van der Waals surface area (Å²) in [5.41, 5.74) is 14.4. The summed E-state index contributed by atoms with van der Waals surface area (Å²) in [6, 6.07) is 1.28. The topological polar surface area (TPSA) is 204 Å². The lowest BCUT2D eigenvalue weighted by molar-refractivity contribution is -0.130. The van der Waals surface area contributed by atoms with Crippen molar-refractivity contribution in [3.05, 3.63) is 22.7 Å². The first-order valence-corrected chi connectivity index (χ1v) is 6.05. The highest BCUT2D eigenvalue weighted by Crippen LogP contribution is 2.41. The maximum absolute atomic E-state index is 11.9. The molecule has 118 valence electrons. The van der Waals surface area contributed by atoms with Gasteiger partial charge in [-0.05, 0) is 6.07 Å². The number of nitrogens with one attached hydrogen (secondary N) is 1. The van der Waals surface area contributed by atoms with E-state index < -0.39 is 42.2 Å². The van der Waals surface area contributed by atoms with Crippen molar-refractivity contribution < 1.29 is 19.7 Å². The third kappa shape index (κ3) is 2.35. The molecule has 12 nitrogen and oxygen atoms in total. The molecule has 12 heteroatoms. The van der Waals surface area contributed by atoms with Gasteiger partial charge in [0.2, 0.25) is 10.8 Å². The molecule has 1 fully saturated rings. The number of carbonyl (C=O) groups is 1. The number of hydrogen-bond donors (Lipinski definition) is 5. The Morgan fingerprint density at radius 2 is 2.36 bits per heavy atom. The summed E-state index contributed by atoms with van der Waals surface area (Å²) in [7, 11) is 0. The Balaban J connectivity index is 2.56. The number of ether oxygens (including phenoxy) is 1. The molecule has 1 aliphatic heterocycles. The van der Waals surface area contributed by atoms with Crippen LogP contribution < -0.4 is 22.1 Å². The number of amides is 1. The van der Waals surface area contributed by atoms with Crippen molar-refractivity contribution in [1.82, 2.24) is 14.5 Å². The molecule has 7 N–H and O–H groups in total. The maximum atomic E-state index is 11.9. The van der Waals surface area contributed by atoms with Crippen LogP contribution in [0.5, 0.6) is 0 Å². The normalized spacial score (nSPS) is 30.7. The van der Waals surface area contributed by atoms with Crippen LogP contribution in [0.2, 0.25) is 0 Å². The van der Waals surface area contributed by atoms with E-state index >= 15 is 0 Å². The number of nitrogen functional groups attached to an aromatic ring is 1. The SMILES string of the molecule is N=[N+]=N[C@]1(CO)O[C@@H](n2ccc(N)nc2=O)[C@@H](C(N)=O)[C@@H]1O. The largest absolute Gasteiger partial charge is 0.391 e. The number of aromatic nitrogens is 2. The Morgan fingerprint density at radius 1 is 1.68 bits per heavy atom. The van der Waals surface area contributed by atoms with E-state index in [0.717, 1.165) is 4.57 Å². The van der Waals surface area contributed by atoms with Gasteiger partial charge in [0.05, 0.1) is 0 Å². The van der Waals surface area contributed by atoms with Crippen LogP contribution in [0.3, 0.4) is 0 Å². The molecule has 22 heavy (non-hydrogen) atoms. The number of anilines is 1. The zero-order valence-electron chi connectivity index (χ0n) is 11.2. The van der Waals surface area contributed by atoms with Crippen LogP contribution in [-0.2, 0) is 9.53 Å². The molecule has 0 saturated carbocycles. The first-order valence-electron chi connectivity index (χ1n) is 6.05. The monoisotopic (exact) mass is 312 g/mol. The quantitative estimate of drug-likeness (QED) is 0.288. The van der Waals surface area contributed by atoms with Crippen LogP contribution in [0.15, 0.2) is 22.2 Å². The van der Waals surface area contributed by atoms with Gasteiger partial charge in [-0.25, -0.2) is 4.79 Å². The molecule has 1 aromatic heterocycles. The molecule has 0 aliphatic carbocycles. The average Bonchev–Trinajstić information content (AvgIpc) is 2.73. The molecule has 0 spiro atoms. The van der Waals surface area contributed by atoms with Crippen molar-refractivity contribution in [3.8, 4) is 0 Å². The fourth-order valence-electron chi connectivity index (χ4n) is 2.26. The predicted molar refractivity (Wildman–Crippen MR) is 68.8 cm³/mol. The van der Waals surface area contributed by atoms with E-state index in [1.54, 1.807) is 0 Å². The third-order valence-electron chi connectivity index (χ3n) is 3.33. The Morgan fingerprint density at radius 3 is 2.86 bits per heavy atom. The van der Waals surface area contributed by atoms with Gasteiger partial charge in [-0.1, -0.05) is 0 Å². The summed E-state index contributed by atoms with van der Waals surface area (Å²) in [5, 5.41) is 22.9. The highest BCUT2D eigenvalue weighted by Gasteiger charge is 2.61. The molecule has 0 bridgehead atoms. The second-order valence-electron chi connectivity index (χ2n) is 4.63. The van der Waals surface area contributed by atoms with E-state index in [1.165, 1.54) is 12.3 Å². The van der Waals surface area contributed by atoms with Gasteiger partial charge in [-0.3, -0.25) is 9.36 Å². The number of aliphatic hydroxyl groups excluding tert-OH is 2. The second-order valence-corrected chi connectivity index (χ2v) is 4.63. The number of primary amides is 1. The van der Waals surface area contributed by atoms with Crippen LogP contribution in [-0.4, -0.2) is 44.1 Å². The van der Waals surface area contributed by atoms with Crippen LogP contribution in [0.25, 0.3) is 0 Å². The molecule has 1 saturated heterocycles. The highest BCUT2D eigenvalue weighted by molar-refractivity contribution is 5.78. The first kappa shape index (κ1) is 15.7. The fourth-order valence-corrected chi connectivity index (χ4v) is 2.26. The highest BCUT2D eigenvalue weighted by atomic mass is 16.6. The molecule has 0 aromatic carbocycles. The van der Waals surface area contributed by atoms with Crippen LogP contribution in [0, 0.1) is 11.4 Å². The third-order valence-corrected chi connectivity index (χ3v) is 3.33. The van der Waals surface area contributed by atoms with Crippen molar-refractivity contribution in [3.63, 3.8) is 0 Å². The Bertz CT molecular complexity index is 699. The lowest BCUT2D eigenvalue weighted by Gasteiger charge is -2.18. The van der Waals surface area contributed by atoms with Crippen molar-refractivity contribution in [2.24, 2.45) is 16.8 Å². The Hall–Kier alpha value is -2.66. The number of carbonyl (C=O) groups excluding carboxylic acids is 1. The van der Waals surface area contributed by atoms with Crippen molar-refractivity contribution >= 4 is 11.7 Å². The van der Waals surface area contributed by atoms with E-state index in [1.807, 2.05) is 0 Å². The molecular weight excluding hydrogens is 298 g/mol. The predicted octanol–water partition coefficient (Wildman–Crippen LogP) is -2.94. The molecule has 1 aromatic rings. The second kappa shape index (κ2) is 5.61. The Labute approximate surface area is 122 Å². The molecule has 2 heterocycles. The van der Waals surface area contributed by atoms with E-state index in [9.17, 15) is 19.8 Å². The Kier molecular flexibility index (Phi) is 4.01. The maximum Gasteiger partial charge on any atom is 0.351 e. The molecule has 0 radical (unpaired) electrons. The summed E-state index contributed by atoms with van der Waals surface area (Å²) in [4.78, 5) is 29.7. The van der Waals surface area contributed by atoms with E-state index in [4.69, 9.17) is 21.7 Å². The first-order chi connectivity index (χ1) is 10.4. The zero-order chi connectivity index (χ0) is 16.5. The van der Waals surface area contributed by atoms with Gasteiger partial charge in [0.25, 0.3) is 5.72 Å². The van der Waals surface area contributed by atoms with Crippen molar-refractivity contribution in [2.45, 2.75) is 18.1 Å². The zero-order valence-corrected chi connectivity index (χ0v) is 11.2. The summed E-state index contributed by atoms with van der Waals surface area (Å²) < 4.78 is 6.21. The van der Waals surface area contributed by atoms with Crippen LogP contribution in [0.4, 0.5) is 5.82 Å². The van der Waals surface area contributed by atoms with Crippen LogP contribution >= 0.6 is 0 Å². The summed E-state index contributed by atoms with van der Waals surface area (Å²) in [6.45, 7) is -0.881. The fraction of sp³-hybridized carbons (Fsp3) is 0.500. The van der Waals surface area contributed by atoms with Crippen molar-refractivity contribution in [2.75, 3.05) is 12.3 Å². The summed E-state index contributed by atoms with van der Waals surface area (Å²) >= 11 is 0. The van der Waals surface area contributed by atoms with E-state index in [2.05, 4.69) is 15.0 Å². The van der Waals surface area contributed by atoms with Crippen molar-refractivity contribution in [1.29, 1.82) is 5.53 Å². The molecule has 0 unspecified atom stereocenters. The number of rotatable bonds is 4. The molecule has 2 rings (SSSR count). The minimum atomic E-state index is -2.08. The van der Waals surface area contributed by atoms with Crippen LogP contribution in [0.1, 0.15) is 6.23 Å². The van der Waals surface area contributed by atoms with Gasteiger partial charge in [-0.2, -0.15) is 4.98 Å². The standard InChI is InChI=1S/C10H13N7O5/c11-4-1-2-17(9(21)14-4)8-5(7(12)20)6(19)10(3-18,22-8)15-16-13/h1-2,5-6,8,13,18-19H,3H2,(H3-,11,12,14,20,21)/p+1/t5-,6+,8-,10-/m1/s1. The number of nitrogens with two attached hydrogens (primary N) is 2. The molecule has 1 aliphatic rings. The lowest BCUT2D eigenvalue weighted by Crippen LogP contribution is -2.46.